The first-order chi connectivity index (χ1) is 5.69. The van der Waals surface area contributed by atoms with Gasteiger partial charge in [-0.1, -0.05) is 18.2 Å². The Kier molecular flexibility index (Phi) is 2.50. The van der Waals surface area contributed by atoms with Crippen molar-refractivity contribution >= 4 is 23.5 Å². The van der Waals surface area contributed by atoms with Gasteiger partial charge < -0.3 is 5.73 Å². The number of nitrogen functional groups attached to an aromatic ring is 1. The second-order valence-electron chi connectivity index (χ2n) is 2.10. The Morgan fingerprint density at radius 1 is 1.83 bits per heavy atom. The van der Waals surface area contributed by atoms with Crippen LogP contribution in [0.2, 0.25) is 5.15 Å². The Balaban J connectivity index is 3.56. The summed E-state index contributed by atoms with van der Waals surface area (Å²) in [6.45, 7) is 3.55. The number of anilines is 1. The summed E-state index contributed by atoms with van der Waals surface area (Å²) in [5.74, 6) is 0. The molecule has 1 aromatic heterocycles. The van der Waals surface area contributed by atoms with Gasteiger partial charge in [-0.05, 0) is 0 Å². The third-order valence-corrected chi connectivity index (χ3v) is 1.52. The van der Waals surface area contributed by atoms with Crippen LogP contribution in [0.4, 0.5) is 5.69 Å². The zero-order valence-corrected chi connectivity index (χ0v) is 7.41. The van der Waals surface area contributed by atoms with Crippen LogP contribution < -0.4 is 11.2 Å². The summed E-state index contributed by atoms with van der Waals surface area (Å²) >= 11 is 5.66. The van der Waals surface area contributed by atoms with Crippen molar-refractivity contribution in [2.75, 3.05) is 12.8 Å². The van der Waals surface area contributed by atoms with Crippen LogP contribution in [0, 0.1) is 0 Å². The molecule has 0 unspecified atom stereocenters. The van der Waals surface area contributed by atoms with Gasteiger partial charge in [0, 0.05) is 19.3 Å². The summed E-state index contributed by atoms with van der Waals surface area (Å²) in [7, 11) is 1.63. The molecule has 0 aromatic carbocycles. The monoisotopic (exact) mass is 184 g/mol. The molecule has 0 radical (unpaired) electrons. The molecule has 0 atom stereocenters. The third-order valence-electron chi connectivity index (χ3n) is 1.34. The van der Waals surface area contributed by atoms with Gasteiger partial charge in [0.1, 0.15) is 0 Å². The van der Waals surface area contributed by atoms with E-state index in [2.05, 4.69) is 16.7 Å². The van der Waals surface area contributed by atoms with Crippen molar-refractivity contribution in [3.8, 4) is 0 Å². The second-order valence-corrected chi connectivity index (χ2v) is 2.48. The number of aromatic nitrogens is 2. The van der Waals surface area contributed by atoms with E-state index in [4.69, 9.17) is 17.3 Å². The van der Waals surface area contributed by atoms with Gasteiger partial charge in [-0.2, -0.15) is 5.10 Å². The molecule has 1 heterocycles. The Morgan fingerprint density at radius 2 is 2.50 bits per heavy atom. The molecule has 0 saturated heterocycles. The molecule has 0 amide bonds. The SMILES string of the molecule is C=Cn1nc(Cl)cc(N)c1=NC. The highest BCUT2D eigenvalue weighted by Gasteiger charge is 1.98. The van der Waals surface area contributed by atoms with E-state index >= 15 is 0 Å². The molecular formula is C7H9ClN4. The topological polar surface area (TPSA) is 56.2 Å². The maximum atomic E-state index is 5.66. The molecule has 12 heavy (non-hydrogen) atoms. The van der Waals surface area contributed by atoms with Crippen molar-refractivity contribution in [1.29, 1.82) is 0 Å². The van der Waals surface area contributed by atoms with Crippen LogP contribution in [0.1, 0.15) is 0 Å². The van der Waals surface area contributed by atoms with Crippen LogP contribution in [0.15, 0.2) is 17.6 Å². The maximum Gasteiger partial charge on any atom is 0.171 e. The van der Waals surface area contributed by atoms with Crippen LogP contribution in [0.3, 0.4) is 0 Å². The molecule has 1 rings (SSSR count). The van der Waals surface area contributed by atoms with Crippen LogP contribution in [-0.4, -0.2) is 16.8 Å². The first-order valence-electron chi connectivity index (χ1n) is 3.29. The summed E-state index contributed by atoms with van der Waals surface area (Å²) in [6.07, 6.45) is 1.49. The Labute approximate surface area is 75.0 Å². The van der Waals surface area contributed by atoms with Crippen LogP contribution >= 0.6 is 11.6 Å². The van der Waals surface area contributed by atoms with E-state index in [1.165, 1.54) is 10.9 Å². The minimum absolute atomic E-state index is 0.319. The van der Waals surface area contributed by atoms with E-state index in [0.29, 0.717) is 16.3 Å². The quantitative estimate of drug-likeness (QED) is 0.700. The van der Waals surface area contributed by atoms with Crippen LogP contribution in [-0.2, 0) is 0 Å². The lowest BCUT2D eigenvalue weighted by Crippen LogP contribution is -2.22. The number of nitrogens with zero attached hydrogens (tertiary/aromatic N) is 3. The summed E-state index contributed by atoms with van der Waals surface area (Å²) < 4.78 is 1.43. The summed E-state index contributed by atoms with van der Waals surface area (Å²) in [4.78, 5) is 3.93. The minimum Gasteiger partial charge on any atom is -0.396 e. The number of nitrogens with two attached hydrogens (primary N) is 1. The van der Waals surface area contributed by atoms with Gasteiger partial charge in [-0.15, -0.1) is 0 Å². The van der Waals surface area contributed by atoms with E-state index in [1.807, 2.05) is 0 Å². The average Bonchev–Trinajstić information content (AvgIpc) is 2.03. The van der Waals surface area contributed by atoms with E-state index in [-0.39, 0.29) is 0 Å². The van der Waals surface area contributed by atoms with Crippen molar-refractivity contribution in [2.24, 2.45) is 4.99 Å². The normalized spacial score (nSPS) is 11.7. The Bertz CT molecular complexity index is 366. The average molecular weight is 185 g/mol. The Morgan fingerprint density at radius 3 is 3.00 bits per heavy atom. The van der Waals surface area contributed by atoms with E-state index in [1.54, 1.807) is 13.1 Å². The van der Waals surface area contributed by atoms with Crippen molar-refractivity contribution in [3.63, 3.8) is 0 Å². The zero-order chi connectivity index (χ0) is 9.14. The highest BCUT2D eigenvalue weighted by molar-refractivity contribution is 6.29. The molecule has 0 aliphatic heterocycles. The summed E-state index contributed by atoms with van der Waals surface area (Å²) in [6, 6.07) is 1.55. The molecule has 0 aliphatic carbocycles. The molecule has 5 heteroatoms. The molecule has 0 aliphatic rings. The van der Waals surface area contributed by atoms with Gasteiger partial charge in [0.25, 0.3) is 0 Å². The van der Waals surface area contributed by atoms with Gasteiger partial charge in [-0.25, -0.2) is 4.68 Å². The highest BCUT2D eigenvalue weighted by Crippen LogP contribution is 2.03. The van der Waals surface area contributed by atoms with Crippen molar-refractivity contribution in [3.05, 3.63) is 23.3 Å². The lowest BCUT2D eigenvalue weighted by Gasteiger charge is -2.01. The number of hydrogen-bond donors (Lipinski definition) is 1. The molecular weight excluding hydrogens is 176 g/mol. The maximum absolute atomic E-state index is 5.66. The van der Waals surface area contributed by atoms with Crippen molar-refractivity contribution in [1.82, 2.24) is 9.78 Å². The smallest absolute Gasteiger partial charge is 0.171 e. The molecule has 0 saturated carbocycles. The number of hydrogen-bond acceptors (Lipinski definition) is 3. The standard InChI is InChI=1S/C7H9ClN4/c1-3-12-7(10-2)5(9)4-6(8)11-12/h3-4H,1,9H2,2H3. The predicted molar refractivity (Wildman–Crippen MR) is 49.5 cm³/mol. The van der Waals surface area contributed by atoms with Gasteiger partial charge in [0.15, 0.2) is 10.6 Å². The van der Waals surface area contributed by atoms with Gasteiger partial charge in [0.05, 0.1) is 5.69 Å². The fraction of sp³-hybridized carbons (Fsp3) is 0.143. The largest absolute Gasteiger partial charge is 0.396 e. The molecule has 64 valence electrons. The third kappa shape index (κ3) is 1.48. The van der Waals surface area contributed by atoms with Crippen molar-refractivity contribution < 1.29 is 0 Å². The number of halogens is 1. The summed E-state index contributed by atoms with van der Waals surface area (Å²) in [5, 5.41) is 4.23. The molecule has 0 spiro atoms. The molecule has 0 bridgehead atoms. The van der Waals surface area contributed by atoms with E-state index < -0.39 is 0 Å². The minimum atomic E-state index is 0.319. The molecule has 2 N–H and O–H groups in total. The Hall–Kier alpha value is -1.29. The molecule has 1 aromatic rings. The first-order valence-corrected chi connectivity index (χ1v) is 3.67. The van der Waals surface area contributed by atoms with Crippen LogP contribution in [0.5, 0.6) is 0 Å². The fourth-order valence-corrected chi connectivity index (χ4v) is 1.06. The molecule has 4 nitrogen and oxygen atoms in total. The summed E-state index contributed by atoms with van der Waals surface area (Å²) in [5.41, 5.74) is 6.66. The molecule has 0 fully saturated rings. The van der Waals surface area contributed by atoms with Gasteiger partial charge in [0.2, 0.25) is 0 Å². The van der Waals surface area contributed by atoms with E-state index in [9.17, 15) is 0 Å². The number of rotatable bonds is 1. The van der Waals surface area contributed by atoms with Gasteiger partial charge >= 0.3 is 0 Å². The highest BCUT2D eigenvalue weighted by atomic mass is 35.5. The van der Waals surface area contributed by atoms with E-state index in [0.717, 1.165) is 0 Å². The zero-order valence-electron chi connectivity index (χ0n) is 6.66. The van der Waals surface area contributed by atoms with Gasteiger partial charge in [-0.3, -0.25) is 4.99 Å². The second kappa shape index (κ2) is 3.40. The lowest BCUT2D eigenvalue weighted by molar-refractivity contribution is 0.830. The first kappa shape index (κ1) is 8.80. The predicted octanol–water partition coefficient (Wildman–Crippen LogP) is 0.750. The fourth-order valence-electron chi connectivity index (χ4n) is 0.863. The lowest BCUT2D eigenvalue weighted by atomic mass is 10.5. The van der Waals surface area contributed by atoms with Crippen molar-refractivity contribution in [2.45, 2.75) is 0 Å². The van der Waals surface area contributed by atoms with Crippen LogP contribution in [0.25, 0.3) is 6.20 Å².